The van der Waals surface area contributed by atoms with Gasteiger partial charge in [0.25, 0.3) is 0 Å². The predicted molar refractivity (Wildman–Crippen MR) is 249 cm³/mol. The number of rotatable bonds is 6. The van der Waals surface area contributed by atoms with E-state index in [9.17, 15) is 0 Å². The number of nitrogens with zero attached hydrogens (tertiary/aromatic N) is 2. The number of benzene rings is 10. The van der Waals surface area contributed by atoms with Gasteiger partial charge in [0.2, 0.25) is 0 Å². The number of fused-ring (bicyclic) bond motifs is 8. The van der Waals surface area contributed by atoms with Gasteiger partial charge in [-0.25, -0.2) is 0 Å². The summed E-state index contributed by atoms with van der Waals surface area (Å²) in [7, 11) is 0. The lowest BCUT2D eigenvalue weighted by Gasteiger charge is -2.28. The lowest BCUT2D eigenvalue weighted by Crippen LogP contribution is -2.11. The number of aromatic nitrogens is 1. The minimum Gasteiger partial charge on any atom is -0.456 e. The zero-order valence-electron chi connectivity index (χ0n) is 32.1. The van der Waals surface area contributed by atoms with Crippen LogP contribution in [0.25, 0.3) is 93.2 Å². The third-order valence-corrected chi connectivity index (χ3v) is 12.0. The highest BCUT2D eigenvalue weighted by molar-refractivity contribution is 6.12. The second-order valence-electron chi connectivity index (χ2n) is 15.3. The van der Waals surface area contributed by atoms with Crippen LogP contribution in [0.15, 0.2) is 223 Å². The molecule has 0 radical (unpaired) electrons. The summed E-state index contributed by atoms with van der Waals surface area (Å²) in [5.74, 6) is 0. The van der Waals surface area contributed by atoms with Crippen LogP contribution in [-0.4, -0.2) is 4.57 Å². The van der Waals surface area contributed by atoms with Crippen molar-refractivity contribution in [3.05, 3.63) is 218 Å². The SMILES string of the molecule is c1ccc(-c2ccc(N(c3cccc(-c4c(-n5c6ccccc6c6ccccc65)ccc5ccccc45)c3)c3ccc4c(c3)oc3ccccc34)c3ccccc23)cc1. The lowest BCUT2D eigenvalue weighted by atomic mass is 9.94. The van der Waals surface area contributed by atoms with E-state index in [1.54, 1.807) is 0 Å². The molecule has 0 saturated heterocycles. The van der Waals surface area contributed by atoms with Crippen LogP contribution in [0.1, 0.15) is 0 Å². The number of para-hydroxylation sites is 3. The fourth-order valence-electron chi connectivity index (χ4n) is 9.36. The zero-order chi connectivity index (χ0) is 38.9. The molecule has 2 heterocycles. The zero-order valence-corrected chi connectivity index (χ0v) is 32.1. The summed E-state index contributed by atoms with van der Waals surface area (Å²) in [5.41, 5.74) is 13.2. The molecule has 2 aromatic heterocycles. The number of anilines is 3. The molecule has 59 heavy (non-hydrogen) atoms. The molecule has 0 aliphatic carbocycles. The van der Waals surface area contributed by atoms with E-state index in [-0.39, 0.29) is 0 Å². The fourth-order valence-corrected chi connectivity index (χ4v) is 9.36. The van der Waals surface area contributed by atoms with E-state index < -0.39 is 0 Å². The maximum absolute atomic E-state index is 6.52. The van der Waals surface area contributed by atoms with Gasteiger partial charge in [-0.2, -0.15) is 0 Å². The third-order valence-electron chi connectivity index (χ3n) is 12.0. The molecule has 0 atom stereocenters. The Morgan fingerprint density at radius 3 is 1.76 bits per heavy atom. The van der Waals surface area contributed by atoms with Gasteiger partial charge in [-0.3, -0.25) is 0 Å². The Morgan fingerprint density at radius 2 is 0.966 bits per heavy atom. The van der Waals surface area contributed by atoms with Gasteiger partial charge >= 0.3 is 0 Å². The van der Waals surface area contributed by atoms with Crippen LogP contribution in [0.4, 0.5) is 17.1 Å². The molecule has 276 valence electrons. The highest BCUT2D eigenvalue weighted by Crippen LogP contribution is 2.46. The van der Waals surface area contributed by atoms with Crippen LogP contribution in [0, 0.1) is 0 Å². The van der Waals surface area contributed by atoms with E-state index in [0.717, 1.165) is 50.3 Å². The van der Waals surface area contributed by atoms with Crippen LogP contribution in [0.3, 0.4) is 0 Å². The van der Waals surface area contributed by atoms with Gasteiger partial charge in [0.1, 0.15) is 11.2 Å². The van der Waals surface area contributed by atoms with E-state index in [1.807, 2.05) is 12.1 Å². The molecule has 12 aromatic rings. The Bertz CT molecular complexity index is 3520. The normalized spacial score (nSPS) is 11.7. The van der Waals surface area contributed by atoms with Crippen molar-refractivity contribution in [2.24, 2.45) is 0 Å². The first-order valence-corrected chi connectivity index (χ1v) is 20.2. The number of hydrogen-bond acceptors (Lipinski definition) is 2. The van der Waals surface area contributed by atoms with Crippen molar-refractivity contribution in [1.82, 2.24) is 4.57 Å². The summed E-state index contributed by atoms with van der Waals surface area (Å²) in [6.45, 7) is 0. The lowest BCUT2D eigenvalue weighted by molar-refractivity contribution is 0.669. The summed E-state index contributed by atoms with van der Waals surface area (Å²) in [6.07, 6.45) is 0. The van der Waals surface area contributed by atoms with Gasteiger partial charge in [0, 0.05) is 49.9 Å². The quantitative estimate of drug-likeness (QED) is 0.169. The molecule has 0 aliphatic rings. The van der Waals surface area contributed by atoms with Crippen molar-refractivity contribution >= 4 is 82.4 Å². The molecule has 0 spiro atoms. The molecule has 3 nitrogen and oxygen atoms in total. The first-order valence-electron chi connectivity index (χ1n) is 20.2. The molecule has 0 amide bonds. The largest absolute Gasteiger partial charge is 0.456 e. The Balaban J connectivity index is 1.13. The maximum atomic E-state index is 6.52. The van der Waals surface area contributed by atoms with Crippen molar-refractivity contribution in [2.75, 3.05) is 4.90 Å². The summed E-state index contributed by atoms with van der Waals surface area (Å²) < 4.78 is 8.97. The number of furan rings is 1. The molecule has 12 rings (SSSR count). The first kappa shape index (κ1) is 33.3. The molecule has 0 fully saturated rings. The van der Waals surface area contributed by atoms with Crippen LogP contribution in [-0.2, 0) is 0 Å². The third kappa shape index (κ3) is 5.29. The molecule has 10 aromatic carbocycles. The fraction of sp³-hybridized carbons (Fsp3) is 0. The van der Waals surface area contributed by atoms with Gasteiger partial charge in [-0.1, -0.05) is 158 Å². The monoisotopic (exact) mass is 752 g/mol. The minimum atomic E-state index is 0.859. The molecule has 0 saturated carbocycles. The van der Waals surface area contributed by atoms with Gasteiger partial charge in [-0.05, 0) is 87.4 Å². The van der Waals surface area contributed by atoms with E-state index >= 15 is 0 Å². The van der Waals surface area contributed by atoms with Crippen LogP contribution in [0.5, 0.6) is 0 Å². The van der Waals surface area contributed by atoms with Crippen molar-refractivity contribution in [2.45, 2.75) is 0 Å². The van der Waals surface area contributed by atoms with Gasteiger partial charge in [0.15, 0.2) is 0 Å². The Labute approximate surface area is 341 Å². The van der Waals surface area contributed by atoms with Crippen molar-refractivity contribution in [3.8, 4) is 27.9 Å². The van der Waals surface area contributed by atoms with E-state index in [0.29, 0.717) is 0 Å². The average molecular weight is 753 g/mol. The Morgan fingerprint density at radius 1 is 0.356 bits per heavy atom. The van der Waals surface area contributed by atoms with Crippen molar-refractivity contribution < 1.29 is 4.42 Å². The summed E-state index contributed by atoms with van der Waals surface area (Å²) in [4.78, 5) is 2.40. The average Bonchev–Trinajstić information content (AvgIpc) is 3.84. The molecule has 3 heteroatoms. The van der Waals surface area contributed by atoms with E-state index in [4.69, 9.17) is 4.42 Å². The van der Waals surface area contributed by atoms with Gasteiger partial charge in [0.05, 0.1) is 22.4 Å². The van der Waals surface area contributed by atoms with Gasteiger partial charge in [-0.15, -0.1) is 0 Å². The Kier molecular flexibility index (Phi) is 7.54. The molecular weight excluding hydrogens is 717 g/mol. The van der Waals surface area contributed by atoms with Gasteiger partial charge < -0.3 is 13.9 Å². The summed E-state index contributed by atoms with van der Waals surface area (Å²) in [5, 5.41) is 9.49. The second-order valence-corrected chi connectivity index (χ2v) is 15.3. The number of hydrogen-bond donors (Lipinski definition) is 0. The summed E-state index contributed by atoms with van der Waals surface area (Å²) in [6, 6.07) is 78.8. The van der Waals surface area contributed by atoms with E-state index in [2.05, 4.69) is 216 Å². The van der Waals surface area contributed by atoms with Crippen LogP contribution in [0.2, 0.25) is 0 Å². The standard InChI is InChI=1S/C56H36N2O/c1-2-15-37(16-3-1)42-32-34-52(45-22-7-6-21-44(42)45)57(41-30-31-49-48-25-10-13-28-54(48)59-55(49)36-41)40-19-14-18-39(35-40)56-43-20-5-4-17-38(43)29-33-53(56)58-50-26-11-8-23-46(50)47-24-9-12-27-51(47)58/h1-36H. The highest BCUT2D eigenvalue weighted by Gasteiger charge is 2.22. The molecule has 0 bridgehead atoms. The molecular formula is C56H36N2O. The van der Waals surface area contributed by atoms with E-state index in [1.165, 1.54) is 60.0 Å². The Hall–Kier alpha value is -7.88. The molecule has 0 N–H and O–H groups in total. The van der Waals surface area contributed by atoms with Crippen molar-refractivity contribution in [1.29, 1.82) is 0 Å². The topological polar surface area (TPSA) is 21.3 Å². The smallest absolute Gasteiger partial charge is 0.137 e. The maximum Gasteiger partial charge on any atom is 0.137 e. The van der Waals surface area contributed by atoms with Crippen LogP contribution < -0.4 is 4.90 Å². The molecule has 0 aliphatic heterocycles. The van der Waals surface area contributed by atoms with Crippen molar-refractivity contribution in [3.63, 3.8) is 0 Å². The second kappa shape index (κ2) is 13.4. The highest BCUT2D eigenvalue weighted by atomic mass is 16.3. The summed E-state index contributed by atoms with van der Waals surface area (Å²) >= 11 is 0. The minimum absolute atomic E-state index is 0.859. The first-order chi connectivity index (χ1) is 29.3. The predicted octanol–water partition coefficient (Wildman–Crippen LogP) is 15.8. The molecule has 0 unspecified atom stereocenters. The van der Waals surface area contributed by atoms with Crippen LogP contribution >= 0.6 is 0 Å².